The second-order valence-electron chi connectivity index (χ2n) is 5.45. The molecule has 1 N–H and O–H groups in total. The number of nitrogens with zero attached hydrogens (tertiary/aromatic N) is 2. The van der Waals surface area contributed by atoms with E-state index >= 15 is 0 Å². The predicted octanol–water partition coefficient (Wildman–Crippen LogP) is 0.945. The second kappa shape index (κ2) is 8.59. The molecule has 1 aromatic carbocycles. The molecule has 7 heteroatoms. The van der Waals surface area contributed by atoms with Crippen LogP contribution in [0.4, 0.5) is 10.1 Å². The van der Waals surface area contributed by atoms with Crippen molar-refractivity contribution in [2.24, 2.45) is 0 Å². The lowest BCUT2D eigenvalue weighted by Gasteiger charge is -2.29. The Morgan fingerprint density at radius 1 is 1.35 bits per heavy atom. The highest BCUT2D eigenvalue weighted by Gasteiger charge is 2.16. The van der Waals surface area contributed by atoms with Crippen LogP contribution in [0.1, 0.15) is 6.92 Å². The highest BCUT2D eigenvalue weighted by Crippen LogP contribution is 2.09. The zero-order valence-corrected chi connectivity index (χ0v) is 13.3. The van der Waals surface area contributed by atoms with E-state index in [1.54, 1.807) is 6.07 Å². The number of morpholine rings is 1. The van der Waals surface area contributed by atoms with Crippen LogP contribution in [-0.4, -0.2) is 67.6 Å². The fraction of sp³-hybridized carbons (Fsp3) is 0.500. The van der Waals surface area contributed by atoms with Gasteiger partial charge in [-0.05, 0) is 18.2 Å². The number of carbonyl (C=O) groups is 2. The average Bonchev–Trinajstić information content (AvgIpc) is 2.52. The minimum Gasteiger partial charge on any atom is -0.379 e. The summed E-state index contributed by atoms with van der Waals surface area (Å²) in [5, 5.41) is 2.60. The van der Waals surface area contributed by atoms with Crippen molar-refractivity contribution in [3.05, 3.63) is 30.1 Å². The van der Waals surface area contributed by atoms with E-state index in [0.29, 0.717) is 32.0 Å². The lowest BCUT2D eigenvalue weighted by molar-refractivity contribution is -0.133. The first-order valence-electron chi connectivity index (χ1n) is 7.65. The molecule has 0 atom stereocenters. The summed E-state index contributed by atoms with van der Waals surface area (Å²) in [6, 6.07) is 5.67. The molecule has 0 unspecified atom stereocenters. The number of nitrogens with one attached hydrogen (secondary N) is 1. The van der Waals surface area contributed by atoms with Crippen molar-refractivity contribution in [2.75, 3.05) is 51.3 Å². The number of amides is 2. The third kappa shape index (κ3) is 5.96. The fourth-order valence-corrected chi connectivity index (χ4v) is 2.37. The Labute approximate surface area is 135 Å². The number of benzene rings is 1. The largest absolute Gasteiger partial charge is 0.379 e. The molecule has 0 aliphatic carbocycles. The number of anilines is 1. The van der Waals surface area contributed by atoms with Crippen LogP contribution in [0, 0.1) is 5.82 Å². The summed E-state index contributed by atoms with van der Waals surface area (Å²) >= 11 is 0. The van der Waals surface area contributed by atoms with Gasteiger partial charge in [0, 0.05) is 38.8 Å². The van der Waals surface area contributed by atoms with Crippen LogP contribution in [-0.2, 0) is 14.3 Å². The number of ether oxygens (including phenoxy) is 1. The maximum absolute atomic E-state index is 13.1. The van der Waals surface area contributed by atoms with Gasteiger partial charge in [0.2, 0.25) is 11.8 Å². The molecule has 2 amide bonds. The van der Waals surface area contributed by atoms with Crippen LogP contribution in [0.2, 0.25) is 0 Å². The second-order valence-corrected chi connectivity index (χ2v) is 5.45. The Bertz CT molecular complexity index is 547. The molecule has 126 valence electrons. The van der Waals surface area contributed by atoms with Crippen molar-refractivity contribution in [3.8, 4) is 0 Å². The predicted molar refractivity (Wildman–Crippen MR) is 84.5 cm³/mol. The van der Waals surface area contributed by atoms with Crippen molar-refractivity contribution < 1.29 is 18.7 Å². The summed E-state index contributed by atoms with van der Waals surface area (Å²) in [7, 11) is 0. The molecule has 1 fully saturated rings. The fourth-order valence-electron chi connectivity index (χ4n) is 2.37. The van der Waals surface area contributed by atoms with Crippen LogP contribution >= 0.6 is 0 Å². The Balaban J connectivity index is 1.83. The monoisotopic (exact) mass is 323 g/mol. The standard InChI is InChI=1S/C16H22FN3O3/c1-13(21)20(6-5-19-7-9-23-10-8-19)12-16(22)18-15-4-2-3-14(17)11-15/h2-4,11H,5-10,12H2,1H3,(H,18,22). The van der Waals surface area contributed by atoms with E-state index in [0.717, 1.165) is 13.1 Å². The molecule has 1 heterocycles. The van der Waals surface area contributed by atoms with Gasteiger partial charge >= 0.3 is 0 Å². The zero-order chi connectivity index (χ0) is 16.7. The molecule has 0 radical (unpaired) electrons. The van der Waals surface area contributed by atoms with Crippen molar-refractivity contribution >= 4 is 17.5 Å². The van der Waals surface area contributed by atoms with E-state index in [2.05, 4.69) is 10.2 Å². The van der Waals surface area contributed by atoms with Crippen molar-refractivity contribution in [1.29, 1.82) is 0 Å². The third-order valence-electron chi connectivity index (χ3n) is 3.68. The number of hydrogen-bond donors (Lipinski definition) is 1. The van der Waals surface area contributed by atoms with Crippen LogP contribution < -0.4 is 5.32 Å². The maximum Gasteiger partial charge on any atom is 0.243 e. The number of rotatable bonds is 6. The van der Waals surface area contributed by atoms with Gasteiger partial charge in [0.15, 0.2) is 0 Å². The third-order valence-corrected chi connectivity index (χ3v) is 3.68. The Kier molecular flexibility index (Phi) is 6.49. The Morgan fingerprint density at radius 2 is 2.09 bits per heavy atom. The molecule has 2 rings (SSSR count). The van der Waals surface area contributed by atoms with Gasteiger partial charge in [0.25, 0.3) is 0 Å². The zero-order valence-electron chi connectivity index (χ0n) is 13.3. The summed E-state index contributed by atoms with van der Waals surface area (Å²) in [5.41, 5.74) is 0.381. The molecule has 6 nitrogen and oxygen atoms in total. The van der Waals surface area contributed by atoms with E-state index in [4.69, 9.17) is 4.74 Å². The summed E-state index contributed by atoms with van der Waals surface area (Å²) in [6.45, 7) is 5.63. The highest BCUT2D eigenvalue weighted by atomic mass is 19.1. The minimum atomic E-state index is -0.418. The van der Waals surface area contributed by atoms with Crippen molar-refractivity contribution in [1.82, 2.24) is 9.80 Å². The van der Waals surface area contributed by atoms with E-state index in [9.17, 15) is 14.0 Å². The van der Waals surface area contributed by atoms with Crippen LogP contribution in [0.25, 0.3) is 0 Å². The number of carbonyl (C=O) groups excluding carboxylic acids is 2. The summed E-state index contributed by atoms with van der Waals surface area (Å²) in [4.78, 5) is 27.4. The summed E-state index contributed by atoms with van der Waals surface area (Å²) in [5.74, 6) is -0.918. The van der Waals surface area contributed by atoms with Gasteiger partial charge in [0.1, 0.15) is 5.82 Å². The smallest absolute Gasteiger partial charge is 0.243 e. The lowest BCUT2D eigenvalue weighted by atomic mass is 10.3. The van der Waals surface area contributed by atoms with E-state index < -0.39 is 5.82 Å². The molecule has 0 bridgehead atoms. The highest BCUT2D eigenvalue weighted by molar-refractivity contribution is 5.94. The normalized spacial score (nSPS) is 15.2. The molecular weight excluding hydrogens is 301 g/mol. The number of halogens is 1. The van der Waals surface area contributed by atoms with Gasteiger partial charge in [-0.3, -0.25) is 14.5 Å². The molecule has 0 saturated carbocycles. The van der Waals surface area contributed by atoms with Gasteiger partial charge in [-0.25, -0.2) is 4.39 Å². The van der Waals surface area contributed by atoms with E-state index in [-0.39, 0.29) is 18.4 Å². The van der Waals surface area contributed by atoms with Gasteiger partial charge in [-0.2, -0.15) is 0 Å². The molecule has 1 saturated heterocycles. The Hall–Kier alpha value is -1.99. The summed E-state index contributed by atoms with van der Waals surface area (Å²) in [6.07, 6.45) is 0. The minimum absolute atomic E-state index is 0.0454. The van der Waals surface area contributed by atoms with Crippen LogP contribution in [0.5, 0.6) is 0 Å². The average molecular weight is 323 g/mol. The van der Waals surface area contributed by atoms with E-state index in [1.807, 2.05) is 0 Å². The topological polar surface area (TPSA) is 61.9 Å². The molecule has 0 spiro atoms. The summed E-state index contributed by atoms with van der Waals surface area (Å²) < 4.78 is 18.4. The van der Waals surface area contributed by atoms with Gasteiger partial charge in [-0.1, -0.05) is 6.07 Å². The van der Waals surface area contributed by atoms with Crippen LogP contribution in [0.15, 0.2) is 24.3 Å². The first-order chi connectivity index (χ1) is 11.0. The van der Waals surface area contributed by atoms with Crippen LogP contribution in [0.3, 0.4) is 0 Å². The lowest BCUT2D eigenvalue weighted by Crippen LogP contribution is -2.44. The van der Waals surface area contributed by atoms with E-state index in [1.165, 1.54) is 30.0 Å². The molecule has 1 aliphatic heterocycles. The van der Waals surface area contributed by atoms with Gasteiger partial charge in [0.05, 0.1) is 19.8 Å². The quantitative estimate of drug-likeness (QED) is 0.846. The first-order valence-corrected chi connectivity index (χ1v) is 7.65. The molecule has 0 aromatic heterocycles. The number of hydrogen-bond acceptors (Lipinski definition) is 4. The molecule has 23 heavy (non-hydrogen) atoms. The van der Waals surface area contributed by atoms with Crippen molar-refractivity contribution in [3.63, 3.8) is 0 Å². The molecular formula is C16H22FN3O3. The van der Waals surface area contributed by atoms with Gasteiger partial charge in [-0.15, -0.1) is 0 Å². The SMILES string of the molecule is CC(=O)N(CCN1CCOCC1)CC(=O)Nc1cccc(F)c1. The van der Waals surface area contributed by atoms with Gasteiger partial charge < -0.3 is 15.0 Å². The molecule has 1 aromatic rings. The maximum atomic E-state index is 13.1. The molecule has 1 aliphatic rings. The van der Waals surface area contributed by atoms with Crippen molar-refractivity contribution in [2.45, 2.75) is 6.92 Å². The first kappa shape index (κ1) is 17.4. The Morgan fingerprint density at radius 3 is 2.74 bits per heavy atom.